The lowest BCUT2D eigenvalue weighted by Crippen LogP contribution is -1.94. The van der Waals surface area contributed by atoms with E-state index in [0.717, 1.165) is 51.4 Å². The molecule has 0 radical (unpaired) electrons. The molecule has 0 unspecified atom stereocenters. The summed E-state index contributed by atoms with van der Waals surface area (Å²) >= 11 is 0. The van der Waals surface area contributed by atoms with Crippen molar-refractivity contribution in [2.75, 3.05) is 0 Å². The molecule has 0 aliphatic rings. The van der Waals surface area contributed by atoms with Gasteiger partial charge in [-0.3, -0.25) is 9.59 Å². The van der Waals surface area contributed by atoms with Gasteiger partial charge in [0.15, 0.2) is 0 Å². The minimum absolute atomic E-state index is 0.317. The Morgan fingerprint density at radius 1 is 0.440 bits per heavy atom. The average molecular weight is 689 g/mol. The van der Waals surface area contributed by atoms with Gasteiger partial charge in [-0.2, -0.15) is 0 Å². The second-order valence-electron chi connectivity index (χ2n) is 14.6. The first kappa shape index (κ1) is 43.3. The summed E-state index contributed by atoms with van der Waals surface area (Å²) in [5, 5.41) is 20.2. The monoisotopic (exact) mass is 689 g/mol. The summed E-state index contributed by atoms with van der Waals surface area (Å²) in [4.78, 5) is 21.1. The van der Waals surface area contributed by atoms with E-state index in [1.807, 2.05) is 0 Å². The lowest BCUT2D eigenvalue weighted by molar-refractivity contribution is -0.138. The molecule has 0 saturated carbocycles. The molecule has 0 saturated heterocycles. The normalized spacial score (nSPS) is 11.8. The van der Waals surface area contributed by atoms with Gasteiger partial charge in [-0.25, -0.2) is 0 Å². The van der Waals surface area contributed by atoms with Crippen LogP contribution in [0.4, 0.5) is 0 Å². The highest BCUT2D eigenvalue weighted by Gasteiger charge is 2.05. The van der Waals surface area contributed by atoms with E-state index in [-0.39, 0.29) is 0 Å². The predicted molar refractivity (Wildman–Crippen MR) is 214 cm³/mol. The van der Waals surface area contributed by atoms with Gasteiger partial charge in [0.1, 0.15) is 0 Å². The number of benzene rings is 2. The minimum atomic E-state index is -0.671. The molecule has 0 amide bonds. The number of rotatable bonds is 34. The summed E-state index contributed by atoms with van der Waals surface area (Å²) in [6, 6.07) is 13.9. The van der Waals surface area contributed by atoms with E-state index in [9.17, 15) is 9.59 Å². The van der Waals surface area contributed by atoms with Crippen LogP contribution in [0.15, 0.2) is 60.7 Å². The Balaban J connectivity index is 1.48. The van der Waals surface area contributed by atoms with E-state index in [1.165, 1.54) is 145 Å². The standard InChI is InChI=1S/C46H72O4/c47-45(48)37-29-25-21-17-13-9-5-1-3-7-11-15-19-23-27-33-41-39-42(44-36-32-31-35-43(44)40-41)34-28-24-20-16-12-8-4-2-6-10-14-18-22-26-30-38-46(49)50/h1-2,5-6,31-32,35-36,39-40H,3-4,7-30,33-34,37-38H2,(H,47,48)(H,49,50)/b5-1-,6-2-. The number of hydrogen-bond donors (Lipinski definition) is 2. The Kier molecular flexibility index (Phi) is 26.8. The number of carboxylic acids is 2. The van der Waals surface area contributed by atoms with Crippen molar-refractivity contribution in [1.29, 1.82) is 0 Å². The smallest absolute Gasteiger partial charge is 0.303 e. The summed E-state index contributed by atoms with van der Waals surface area (Å²) in [7, 11) is 0. The fraction of sp³-hybridized carbons (Fsp3) is 0.652. The maximum absolute atomic E-state index is 10.5. The van der Waals surface area contributed by atoms with Crippen molar-refractivity contribution in [2.45, 2.75) is 193 Å². The van der Waals surface area contributed by atoms with E-state index in [0.29, 0.717) is 12.8 Å². The maximum atomic E-state index is 10.5. The van der Waals surface area contributed by atoms with Crippen LogP contribution in [0.5, 0.6) is 0 Å². The van der Waals surface area contributed by atoms with Crippen molar-refractivity contribution < 1.29 is 19.8 Å². The molecule has 2 aromatic carbocycles. The van der Waals surface area contributed by atoms with E-state index < -0.39 is 11.9 Å². The highest BCUT2D eigenvalue weighted by Crippen LogP contribution is 2.25. The van der Waals surface area contributed by atoms with Crippen LogP contribution < -0.4 is 0 Å². The number of aryl methyl sites for hydroxylation is 2. The summed E-state index contributed by atoms with van der Waals surface area (Å²) in [5.41, 5.74) is 3.07. The number of hydrogen-bond acceptors (Lipinski definition) is 2. The van der Waals surface area contributed by atoms with Crippen LogP contribution in [-0.4, -0.2) is 22.2 Å². The molecular formula is C46H72O4. The number of aliphatic carboxylic acids is 2. The van der Waals surface area contributed by atoms with Crippen LogP contribution in [0.25, 0.3) is 10.8 Å². The molecule has 0 fully saturated rings. The fourth-order valence-electron chi connectivity index (χ4n) is 7.00. The average Bonchev–Trinajstić information content (AvgIpc) is 3.10. The van der Waals surface area contributed by atoms with Gasteiger partial charge in [0.05, 0.1) is 0 Å². The zero-order chi connectivity index (χ0) is 35.7. The van der Waals surface area contributed by atoms with Gasteiger partial charge >= 0.3 is 11.9 Å². The largest absolute Gasteiger partial charge is 0.481 e. The molecule has 50 heavy (non-hydrogen) atoms. The first-order valence-corrected chi connectivity index (χ1v) is 20.8. The Bertz CT molecular complexity index is 1200. The first-order chi connectivity index (χ1) is 24.6. The van der Waals surface area contributed by atoms with Gasteiger partial charge in [0.2, 0.25) is 0 Å². The van der Waals surface area contributed by atoms with Gasteiger partial charge < -0.3 is 10.2 Å². The molecule has 0 atom stereocenters. The number of unbranched alkanes of at least 4 members (excludes halogenated alkanes) is 22. The molecule has 0 bridgehead atoms. The highest BCUT2D eigenvalue weighted by atomic mass is 16.4. The van der Waals surface area contributed by atoms with Crippen LogP contribution in [0.3, 0.4) is 0 Å². The van der Waals surface area contributed by atoms with Crippen molar-refractivity contribution in [2.24, 2.45) is 0 Å². The second kappa shape index (κ2) is 30.9. The quantitative estimate of drug-likeness (QED) is 0.0567. The summed E-state index contributed by atoms with van der Waals surface area (Å²) in [6.07, 6.45) is 44.0. The van der Waals surface area contributed by atoms with Crippen molar-refractivity contribution in [3.63, 3.8) is 0 Å². The molecule has 0 spiro atoms. The van der Waals surface area contributed by atoms with Crippen LogP contribution in [0, 0.1) is 0 Å². The minimum Gasteiger partial charge on any atom is -0.481 e. The Hall–Kier alpha value is -2.88. The summed E-state index contributed by atoms with van der Waals surface area (Å²) in [5.74, 6) is -1.34. The fourth-order valence-corrected chi connectivity index (χ4v) is 7.00. The Labute approximate surface area is 306 Å². The molecule has 0 aliphatic carbocycles. The first-order valence-electron chi connectivity index (χ1n) is 20.8. The summed E-state index contributed by atoms with van der Waals surface area (Å²) < 4.78 is 0. The molecule has 0 aromatic heterocycles. The lowest BCUT2D eigenvalue weighted by Gasteiger charge is -2.11. The highest BCUT2D eigenvalue weighted by molar-refractivity contribution is 5.86. The number of carbonyl (C=O) groups is 2. The van der Waals surface area contributed by atoms with Crippen molar-refractivity contribution >= 4 is 22.7 Å². The van der Waals surface area contributed by atoms with E-state index in [4.69, 9.17) is 10.2 Å². The zero-order valence-electron chi connectivity index (χ0n) is 31.7. The van der Waals surface area contributed by atoms with Gasteiger partial charge in [-0.15, -0.1) is 0 Å². The van der Waals surface area contributed by atoms with Crippen LogP contribution in [0.1, 0.15) is 191 Å². The van der Waals surface area contributed by atoms with Crippen LogP contribution in [0.2, 0.25) is 0 Å². The van der Waals surface area contributed by atoms with Crippen molar-refractivity contribution in [3.8, 4) is 0 Å². The maximum Gasteiger partial charge on any atom is 0.303 e. The Morgan fingerprint density at radius 3 is 1.28 bits per heavy atom. The third-order valence-electron chi connectivity index (χ3n) is 10.0. The molecule has 280 valence electrons. The molecule has 2 N–H and O–H groups in total. The molecular weight excluding hydrogens is 617 g/mol. The predicted octanol–water partition coefficient (Wildman–Crippen LogP) is 14.1. The number of fused-ring (bicyclic) bond motifs is 1. The van der Waals surface area contributed by atoms with Gasteiger partial charge in [0, 0.05) is 12.8 Å². The van der Waals surface area contributed by atoms with Crippen molar-refractivity contribution in [1.82, 2.24) is 0 Å². The summed E-state index contributed by atoms with van der Waals surface area (Å²) in [6.45, 7) is 0. The van der Waals surface area contributed by atoms with Crippen molar-refractivity contribution in [3.05, 3.63) is 71.8 Å². The molecule has 4 heteroatoms. The number of carboxylic acid groups (broad SMARTS) is 2. The zero-order valence-corrected chi connectivity index (χ0v) is 31.7. The lowest BCUT2D eigenvalue weighted by atomic mass is 9.94. The third kappa shape index (κ3) is 24.3. The van der Waals surface area contributed by atoms with E-state index in [2.05, 4.69) is 60.7 Å². The SMILES string of the molecule is O=C(O)CCCCCCC/C=C\CCCCCCCCc1cc(CCCCCCCC/C=C\CCCCCCCC(=O)O)c2ccccc2c1. The van der Waals surface area contributed by atoms with Gasteiger partial charge in [0.25, 0.3) is 0 Å². The van der Waals surface area contributed by atoms with Crippen LogP contribution >= 0.6 is 0 Å². The number of allylic oxidation sites excluding steroid dienone is 4. The molecule has 4 nitrogen and oxygen atoms in total. The molecule has 0 heterocycles. The molecule has 2 rings (SSSR count). The van der Waals surface area contributed by atoms with E-state index >= 15 is 0 Å². The van der Waals surface area contributed by atoms with Crippen LogP contribution in [-0.2, 0) is 22.4 Å². The third-order valence-corrected chi connectivity index (χ3v) is 10.0. The van der Waals surface area contributed by atoms with Gasteiger partial charge in [-0.05, 0) is 112 Å². The van der Waals surface area contributed by atoms with Gasteiger partial charge in [-0.1, -0.05) is 151 Å². The Morgan fingerprint density at radius 2 is 0.820 bits per heavy atom. The van der Waals surface area contributed by atoms with E-state index in [1.54, 1.807) is 5.56 Å². The molecule has 0 aliphatic heterocycles. The molecule has 2 aromatic rings. The topological polar surface area (TPSA) is 74.6 Å². The second-order valence-corrected chi connectivity index (χ2v) is 14.6.